The summed E-state index contributed by atoms with van der Waals surface area (Å²) < 4.78 is 18.6. The Kier molecular flexibility index (Phi) is 3.48. The van der Waals surface area contributed by atoms with Crippen LogP contribution < -0.4 is 10.5 Å². The summed E-state index contributed by atoms with van der Waals surface area (Å²) >= 11 is 0. The van der Waals surface area contributed by atoms with Gasteiger partial charge in [-0.2, -0.15) is 0 Å². The van der Waals surface area contributed by atoms with Gasteiger partial charge >= 0.3 is 0 Å². The Labute approximate surface area is 107 Å². The quantitative estimate of drug-likeness (QED) is 0.852. The fourth-order valence-corrected chi connectivity index (χ4v) is 3.00. The molecule has 3 N–H and O–H groups in total. The molecule has 0 spiro atoms. The number of aryl methyl sites for hydroxylation is 1. The summed E-state index contributed by atoms with van der Waals surface area (Å²) in [6.07, 6.45) is 4.87. The number of halogens is 1. The number of aromatic hydroxyl groups is 1. The Morgan fingerprint density at radius 2 is 1.94 bits per heavy atom. The van der Waals surface area contributed by atoms with Gasteiger partial charge in [0.2, 0.25) is 0 Å². The summed E-state index contributed by atoms with van der Waals surface area (Å²) in [5, 5.41) is 10.2. The molecule has 1 aromatic rings. The molecule has 0 bridgehead atoms. The molecule has 1 saturated carbocycles. The second kappa shape index (κ2) is 4.76. The Hall–Kier alpha value is -1.29. The van der Waals surface area contributed by atoms with Gasteiger partial charge in [-0.15, -0.1) is 0 Å². The largest absolute Gasteiger partial charge is 0.504 e. The maximum atomic E-state index is 13.7. The average molecular weight is 253 g/mol. The van der Waals surface area contributed by atoms with Crippen molar-refractivity contribution in [2.24, 2.45) is 5.73 Å². The predicted molar refractivity (Wildman–Crippen MR) is 68.3 cm³/mol. The Morgan fingerprint density at radius 3 is 2.50 bits per heavy atom. The number of benzene rings is 1. The SMILES string of the molecule is COc1c(F)cc(C)c(C2(N)CCCCC2)c1O. The van der Waals surface area contributed by atoms with Crippen LogP contribution in [-0.2, 0) is 5.54 Å². The van der Waals surface area contributed by atoms with Gasteiger partial charge in [0.15, 0.2) is 17.3 Å². The standard InChI is InChI=1S/C14H20FNO2/c1-9-8-10(15)13(18-2)12(17)11(9)14(16)6-4-3-5-7-14/h8,17H,3-7,16H2,1-2H3. The van der Waals surface area contributed by atoms with Crippen molar-refractivity contribution < 1.29 is 14.2 Å². The van der Waals surface area contributed by atoms with E-state index >= 15 is 0 Å². The lowest BCUT2D eigenvalue weighted by Crippen LogP contribution is -2.39. The predicted octanol–water partition coefficient (Wildman–Crippen LogP) is 2.97. The number of methoxy groups -OCH3 is 1. The van der Waals surface area contributed by atoms with Gasteiger partial charge in [-0.3, -0.25) is 0 Å². The van der Waals surface area contributed by atoms with Crippen molar-refractivity contribution in [2.45, 2.75) is 44.6 Å². The normalized spacial score (nSPS) is 18.7. The van der Waals surface area contributed by atoms with Crippen LogP contribution in [-0.4, -0.2) is 12.2 Å². The summed E-state index contributed by atoms with van der Waals surface area (Å²) in [6.45, 7) is 1.78. The lowest BCUT2D eigenvalue weighted by Gasteiger charge is -2.35. The smallest absolute Gasteiger partial charge is 0.196 e. The van der Waals surface area contributed by atoms with Crippen molar-refractivity contribution in [1.29, 1.82) is 0 Å². The van der Waals surface area contributed by atoms with Gasteiger partial charge < -0.3 is 15.6 Å². The van der Waals surface area contributed by atoms with Crippen molar-refractivity contribution in [3.05, 3.63) is 23.0 Å². The first-order valence-corrected chi connectivity index (χ1v) is 6.35. The van der Waals surface area contributed by atoms with Gasteiger partial charge in [-0.25, -0.2) is 4.39 Å². The second-order valence-electron chi connectivity index (χ2n) is 5.15. The highest BCUT2D eigenvalue weighted by atomic mass is 19.1. The molecule has 0 amide bonds. The Bertz CT molecular complexity index is 454. The third-order valence-corrected chi connectivity index (χ3v) is 3.85. The highest BCUT2D eigenvalue weighted by Gasteiger charge is 2.35. The molecular formula is C14H20FNO2. The van der Waals surface area contributed by atoms with Gasteiger partial charge in [0.05, 0.1) is 7.11 Å². The highest BCUT2D eigenvalue weighted by Crippen LogP contribution is 2.45. The maximum absolute atomic E-state index is 13.7. The zero-order valence-corrected chi connectivity index (χ0v) is 10.9. The second-order valence-corrected chi connectivity index (χ2v) is 5.15. The Balaban J connectivity index is 2.56. The Morgan fingerprint density at radius 1 is 1.33 bits per heavy atom. The molecule has 2 rings (SSSR count). The van der Waals surface area contributed by atoms with E-state index in [2.05, 4.69) is 0 Å². The monoisotopic (exact) mass is 253 g/mol. The fourth-order valence-electron chi connectivity index (χ4n) is 3.00. The lowest BCUT2D eigenvalue weighted by atomic mass is 9.75. The number of rotatable bonds is 2. The molecule has 1 aliphatic rings. The molecule has 1 aromatic carbocycles. The van der Waals surface area contributed by atoms with Crippen molar-refractivity contribution in [1.82, 2.24) is 0 Å². The van der Waals surface area contributed by atoms with Crippen molar-refractivity contribution in [3.8, 4) is 11.5 Å². The number of ether oxygens (including phenoxy) is 1. The molecule has 0 atom stereocenters. The van der Waals surface area contributed by atoms with Crippen LogP contribution in [0.25, 0.3) is 0 Å². The number of phenolic OH excluding ortho intramolecular Hbond substituents is 1. The van der Waals surface area contributed by atoms with E-state index in [0.29, 0.717) is 11.1 Å². The van der Waals surface area contributed by atoms with Crippen LogP contribution in [0, 0.1) is 12.7 Å². The van der Waals surface area contributed by atoms with Crippen LogP contribution in [0.2, 0.25) is 0 Å². The zero-order valence-electron chi connectivity index (χ0n) is 10.9. The summed E-state index contributed by atoms with van der Waals surface area (Å²) in [7, 11) is 1.35. The molecule has 0 aliphatic heterocycles. The molecule has 18 heavy (non-hydrogen) atoms. The first-order valence-electron chi connectivity index (χ1n) is 6.35. The summed E-state index contributed by atoms with van der Waals surface area (Å²) in [6, 6.07) is 1.39. The van der Waals surface area contributed by atoms with Crippen molar-refractivity contribution in [2.75, 3.05) is 7.11 Å². The van der Waals surface area contributed by atoms with Crippen LogP contribution in [0.5, 0.6) is 11.5 Å². The molecule has 0 heterocycles. The number of hydrogen-bond acceptors (Lipinski definition) is 3. The molecule has 1 fully saturated rings. The van der Waals surface area contributed by atoms with Crippen LogP contribution in [0.3, 0.4) is 0 Å². The molecule has 0 saturated heterocycles. The molecule has 3 nitrogen and oxygen atoms in total. The third-order valence-electron chi connectivity index (χ3n) is 3.85. The number of nitrogens with two attached hydrogens (primary N) is 1. The van der Waals surface area contributed by atoms with Crippen LogP contribution in [0.1, 0.15) is 43.2 Å². The van der Waals surface area contributed by atoms with Gasteiger partial charge in [0.1, 0.15) is 0 Å². The van der Waals surface area contributed by atoms with Crippen LogP contribution in [0.4, 0.5) is 4.39 Å². The van der Waals surface area contributed by atoms with E-state index in [1.807, 2.05) is 0 Å². The summed E-state index contributed by atoms with van der Waals surface area (Å²) in [5.74, 6) is -0.791. The van der Waals surface area contributed by atoms with E-state index in [-0.39, 0.29) is 11.5 Å². The summed E-state index contributed by atoms with van der Waals surface area (Å²) in [4.78, 5) is 0. The first kappa shape index (κ1) is 13.1. The molecule has 0 aromatic heterocycles. The van der Waals surface area contributed by atoms with Gasteiger partial charge in [0, 0.05) is 11.1 Å². The minimum Gasteiger partial charge on any atom is -0.504 e. The van der Waals surface area contributed by atoms with Gasteiger partial charge in [0.25, 0.3) is 0 Å². The van der Waals surface area contributed by atoms with Crippen molar-refractivity contribution in [3.63, 3.8) is 0 Å². The molecule has 1 aliphatic carbocycles. The molecule has 0 radical (unpaired) electrons. The minimum atomic E-state index is -0.562. The number of hydrogen-bond donors (Lipinski definition) is 2. The van der Waals surface area contributed by atoms with Crippen molar-refractivity contribution >= 4 is 0 Å². The molecular weight excluding hydrogens is 233 g/mol. The maximum Gasteiger partial charge on any atom is 0.196 e. The van der Waals surface area contributed by atoms with E-state index in [4.69, 9.17) is 10.5 Å². The topological polar surface area (TPSA) is 55.5 Å². The highest BCUT2D eigenvalue weighted by molar-refractivity contribution is 5.53. The van der Waals surface area contributed by atoms with Crippen LogP contribution in [0.15, 0.2) is 6.07 Å². The van der Waals surface area contributed by atoms with Gasteiger partial charge in [-0.1, -0.05) is 19.3 Å². The molecule has 4 heteroatoms. The lowest BCUT2D eigenvalue weighted by molar-refractivity contribution is 0.282. The van der Waals surface area contributed by atoms with E-state index in [1.165, 1.54) is 13.2 Å². The summed E-state index contributed by atoms with van der Waals surface area (Å²) in [5.41, 5.74) is 7.18. The average Bonchev–Trinajstić information content (AvgIpc) is 2.29. The molecule has 0 unspecified atom stereocenters. The zero-order chi connectivity index (χ0) is 13.3. The van der Waals surface area contributed by atoms with Crippen LogP contribution >= 0.6 is 0 Å². The number of phenols is 1. The minimum absolute atomic E-state index is 0.106. The first-order chi connectivity index (χ1) is 8.49. The van der Waals surface area contributed by atoms with E-state index in [9.17, 15) is 9.50 Å². The van der Waals surface area contributed by atoms with E-state index in [0.717, 1.165) is 32.1 Å². The van der Waals surface area contributed by atoms with E-state index < -0.39 is 11.4 Å². The molecule has 100 valence electrons. The third kappa shape index (κ3) is 2.05. The van der Waals surface area contributed by atoms with E-state index in [1.54, 1.807) is 6.92 Å². The van der Waals surface area contributed by atoms with Gasteiger partial charge in [-0.05, 0) is 31.4 Å². The fraction of sp³-hybridized carbons (Fsp3) is 0.571.